The summed E-state index contributed by atoms with van der Waals surface area (Å²) in [6, 6.07) is 12.2. The third kappa shape index (κ3) is 5.72. The van der Waals surface area contributed by atoms with Gasteiger partial charge in [0.05, 0.1) is 13.2 Å². The predicted octanol–water partition coefficient (Wildman–Crippen LogP) is 3.05. The van der Waals surface area contributed by atoms with Gasteiger partial charge in [-0.2, -0.15) is 4.98 Å². The second kappa shape index (κ2) is 10.2. The van der Waals surface area contributed by atoms with Gasteiger partial charge in [0.25, 0.3) is 11.8 Å². The average Bonchev–Trinajstić information content (AvgIpc) is 3.33. The second-order valence-electron chi connectivity index (χ2n) is 7.61. The summed E-state index contributed by atoms with van der Waals surface area (Å²) in [5.41, 5.74) is 1.80. The Morgan fingerprint density at radius 2 is 1.79 bits per heavy atom. The van der Waals surface area contributed by atoms with Crippen LogP contribution in [0.1, 0.15) is 16.2 Å². The Labute approximate surface area is 190 Å². The number of likely N-dealkylation sites (N-methyl/N-ethyl adjacent to an activating group) is 1. The summed E-state index contributed by atoms with van der Waals surface area (Å²) in [4.78, 5) is 32.4. The summed E-state index contributed by atoms with van der Waals surface area (Å²) >= 11 is 0. The highest BCUT2D eigenvalue weighted by atomic mass is 19.1. The second-order valence-corrected chi connectivity index (χ2v) is 7.61. The maximum atomic E-state index is 13.0. The van der Waals surface area contributed by atoms with Crippen molar-refractivity contribution in [2.24, 2.45) is 0 Å². The molecule has 1 aliphatic rings. The van der Waals surface area contributed by atoms with Gasteiger partial charge < -0.3 is 24.4 Å². The molecular weight excluding hydrogens is 429 g/mol. The van der Waals surface area contributed by atoms with Gasteiger partial charge in [-0.3, -0.25) is 4.79 Å². The van der Waals surface area contributed by atoms with E-state index in [1.807, 2.05) is 0 Å². The highest BCUT2D eigenvalue weighted by Gasteiger charge is 2.19. The Bertz CT molecular complexity index is 1090. The van der Waals surface area contributed by atoms with Gasteiger partial charge in [0.15, 0.2) is 5.82 Å². The first kappa shape index (κ1) is 22.4. The highest BCUT2D eigenvalue weighted by Crippen LogP contribution is 2.19. The minimum Gasteiger partial charge on any atom is -0.378 e. The molecule has 0 atom stereocenters. The summed E-state index contributed by atoms with van der Waals surface area (Å²) < 4.78 is 23.6. The largest absolute Gasteiger partial charge is 0.378 e. The summed E-state index contributed by atoms with van der Waals surface area (Å²) in [7, 11) is 1.64. The molecule has 0 unspecified atom stereocenters. The van der Waals surface area contributed by atoms with Crippen molar-refractivity contribution in [2.75, 3.05) is 45.2 Å². The molecule has 33 heavy (non-hydrogen) atoms. The summed E-state index contributed by atoms with van der Waals surface area (Å²) in [5, 5.41) is 6.67. The molecule has 1 aromatic heterocycles. The quantitative estimate of drug-likeness (QED) is 0.616. The number of hydrogen-bond donors (Lipinski definition) is 1. The Balaban J connectivity index is 1.30. The Hall–Kier alpha value is -3.79. The van der Waals surface area contributed by atoms with Crippen molar-refractivity contribution in [1.29, 1.82) is 0 Å². The zero-order valence-electron chi connectivity index (χ0n) is 18.2. The van der Waals surface area contributed by atoms with Gasteiger partial charge in [0, 0.05) is 49.9 Å². The van der Waals surface area contributed by atoms with E-state index in [4.69, 9.17) is 9.26 Å². The molecule has 0 bridgehead atoms. The fourth-order valence-electron chi connectivity index (χ4n) is 3.30. The topological polar surface area (TPSA) is 101 Å². The van der Waals surface area contributed by atoms with Crippen molar-refractivity contribution in [3.63, 3.8) is 0 Å². The van der Waals surface area contributed by atoms with Crippen LogP contribution in [0.2, 0.25) is 0 Å². The van der Waals surface area contributed by atoms with E-state index in [1.165, 1.54) is 29.2 Å². The van der Waals surface area contributed by atoms with Crippen molar-refractivity contribution in [1.82, 2.24) is 19.9 Å². The molecule has 0 aliphatic carbocycles. The highest BCUT2D eigenvalue weighted by molar-refractivity contribution is 5.94. The molecule has 1 fully saturated rings. The molecule has 1 saturated heterocycles. The number of benzene rings is 2. The molecular formula is C23H24FN5O4. The van der Waals surface area contributed by atoms with Gasteiger partial charge in [-0.15, -0.1) is 0 Å². The zero-order chi connectivity index (χ0) is 23.2. The van der Waals surface area contributed by atoms with Crippen LogP contribution in [0.15, 0.2) is 53.1 Å². The van der Waals surface area contributed by atoms with Crippen molar-refractivity contribution in [3.05, 3.63) is 65.7 Å². The van der Waals surface area contributed by atoms with Crippen molar-refractivity contribution < 1.29 is 23.2 Å². The number of nitrogens with one attached hydrogen (secondary N) is 1. The fourth-order valence-corrected chi connectivity index (χ4v) is 3.30. The van der Waals surface area contributed by atoms with Gasteiger partial charge in [-0.05, 0) is 48.5 Å². The smallest absolute Gasteiger partial charge is 0.321 e. The minimum atomic E-state index is -0.368. The van der Waals surface area contributed by atoms with Crippen LogP contribution in [0, 0.1) is 5.82 Å². The molecule has 3 aromatic rings. The monoisotopic (exact) mass is 453 g/mol. The van der Waals surface area contributed by atoms with Crippen LogP contribution in [0.5, 0.6) is 0 Å². The molecule has 3 amide bonds. The predicted molar refractivity (Wildman–Crippen MR) is 118 cm³/mol. The van der Waals surface area contributed by atoms with Gasteiger partial charge in [-0.1, -0.05) is 5.16 Å². The number of morpholine rings is 1. The molecule has 1 aliphatic heterocycles. The molecule has 4 rings (SSSR count). The Morgan fingerprint density at radius 1 is 1.09 bits per heavy atom. The third-order valence-corrected chi connectivity index (χ3v) is 5.26. The molecule has 9 nitrogen and oxygen atoms in total. The molecule has 10 heteroatoms. The van der Waals surface area contributed by atoms with E-state index in [2.05, 4.69) is 15.5 Å². The molecule has 2 aromatic carbocycles. The van der Waals surface area contributed by atoms with E-state index in [1.54, 1.807) is 36.2 Å². The van der Waals surface area contributed by atoms with Crippen LogP contribution >= 0.6 is 0 Å². The number of urea groups is 1. The van der Waals surface area contributed by atoms with Crippen LogP contribution in [0.4, 0.5) is 14.9 Å². The lowest BCUT2D eigenvalue weighted by molar-refractivity contribution is 0.0303. The first-order valence-electron chi connectivity index (χ1n) is 10.6. The number of amides is 3. The standard InChI is InChI=1S/C23H24FN5O4/c1-28(23(31)25-19-8-6-18(24)7-9-19)11-10-20-26-21(33-27-20)16-2-4-17(5-3-16)22(30)29-12-14-32-15-13-29/h2-9H,10-15H2,1H3,(H,25,31). The van der Waals surface area contributed by atoms with E-state index >= 15 is 0 Å². The molecule has 0 saturated carbocycles. The lowest BCUT2D eigenvalue weighted by Crippen LogP contribution is -2.40. The van der Waals surface area contributed by atoms with Crippen molar-refractivity contribution in [2.45, 2.75) is 6.42 Å². The molecule has 172 valence electrons. The number of carbonyl (C=O) groups is 2. The number of nitrogens with zero attached hydrogens (tertiary/aromatic N) is 4. The summed E-state index contributed by atoms with van der Waals surface area (Å²) in [6.07, 6.45) is 0.393. The van der Waals surface area contributed by atoms with E-state index in [-0.39, 0.29) is 17.8 Å². The number of hydrogen-bond acceptors (Lipinski definition) is 6. The van der Waals surface area contributed by atoms with Gasteiger partial charge in [0.1, 0.15) is 5.82 Å². The number of carbonyl (C=O) groups excluding carboxylic acids is 2. The molecule has 0 spiro atoms. The Kier molecular flexibility index (Phi) is 6.94. The van der Waals surface area contributed by atoms with Gasteiger partial charge in [-0.25, -0.2) is 9.18 Å². The number of halogens is 1. The maximum Gasteiger partial charge on any atom is 0.321 e. The lowest BCUT2D eigenvalue weighted by atomic mass is 10.1. The van der Waals surface area contributed by atoms with E-state index in [0.29, 0.717) is 67.8 Å². The normalized spacial score (nSPS) is 13.6. The van der Waals surface area contributed by atoms with Crippen LogP contribution < -0.4 is 5.32 Å². The van der Waals surface area contributed by atoms with Crippen molar-refractivity contribution in [3.8, 4) is 11.5 Å². The van der Waals surface area contributed by atoms with Gasteiger partial charge in [0.2, 0.25) is 0 Å². The van der Waals surface area contributed by atoms with E-state index in [9.17, 15) is 14.0 Å². The third-order valence-electron chi connectivity index (χ3n) is 5.26. The number of anilines is 1. The Morgan fingerprint density at radius 3 is 2.48 bits per heavy atom. The minimum absolute atomic E-state index is 0.0296. The van der Waals surface area contributed by atoms with Crippen LogP contribution in [0.3, 0.4) is 0 Å². The van der Waals surface area contributed by atoms with Crippen LogP contribution in [0.25, 0.3) is 11.5 Å². The van der Waals surface area contributed by atoms with Gasteiger partial charge >= 0.3 is 6.03 Å². The first-order valence-corrected chi connectivity index (χ1v) is 10.6. The van der Waals surface area contributed by atoms with Crippen molar-refractivity contribution >= 4 is 17.6 Å². The molecule has 0 radical (unpaired) electrons. The SMILES string of the molecule is CN(CCc1noc(-c2ccc(C(=O)N3CCOCC3)cc2)n1)C(=O)Nc1ccc(F)cc1. The summed E-state index contributed by atoms with van der Waals surface area (Å²) in [6.45, 7) is 2.64. The summed E-state index contributed by atoms with van der Waals surface area (Å²) in [5.74, 6) is 0.402. The van der Waals surface area contributed by atoms with Crippen LogP contribution in [-0.4, -0.2) is 71.8 Å². The lowest BCUT2D eigenvalue weighted by Gasteiger charge is -2.26. The van der Waals surface area contributed by atoms with Crippen LogP contribution in [-0.2, 0) is 11.2 Å². The number of rotatable bonds is 6. The molecule has 1 N–H and O–H groups in total. The average molecular weight is 453 g/mol. The maximum absolute atomic E-state index is 13.0. The van der Waals surface area contributed by atoms with E-state index in [0.717, 1.165) is 0 Å². The number of aromatic nitrogens is 2. The molecule has 2 heterocycles. The van der Waals surface area contributed by atoms with E-state index < -0.39 is 0 Å². The first-order chi connectivity index (χ1) is 16.0. The fraction of sp³-hybridized carbons (Fsp3) is 0.304. The zero-order valence-corrected chi connectivity index (χ0v) is 18.2. The number of ether oxygens (including phenoxy) is 1.